The van der Waals surface area contributed by atoms with Crippen LogP contribution in [0.25, 0.3) is 0 Å². The van der Waals surface area contributed by atoms with Crippen LogP contribution in [0.1, 0.15) is 31.1 Å². The lowest BCUT2D eigenvalue weighted by molar-refractivity contribution is 0.480. The van der Waals surface area contributed by atoms with Crippen LogP contribution in [-0.2, 0) is 13.1 Å². The summed E-state index contributed by atoms with van der Waals surface area (Å²) in [5.74, 6) is 0. The second-order valence-electron chi connectivity index (χ2n) is 3.58. The van der Waals surface area contributed by atoms with E-state index in [9.17, 15) is 0 Å². The quantitative estimate of drug-likeness (QED) is 0.733. The lowest BCUT2D eigenvalue weighted by Gasteiger charge is -2.10. The molecule has 1 aromatic rings. The second kappa shape index (κ2) is 3.35. The van der Waals surface area contributed by atoms with Crippen molar-refractivity contribution in [1.29, 1.82) is 0 Å². The summed E-state index contributed by atoms with van der Waals surface area (Å²) >= 11 is 1.80. The number of fused-ring (bicyclic) bond motifs is 1. The van der Waals surface area contributed by atoms with E-state index in [4.69, 9.17) is 0 Å². The van der Waals surface area contributed by atoms with Crippen molar-refractivity contribution in [1.82, 2.24) is 15.1 Å². The molecule has 0 unspecified atom stereocenters. The SMILES string of the molecule is CSc1c2c(nn1C(C)C)CNC2. The van der Waals surface area contributed by atoms with Gasteiger partial charge in [-0.1, -0.05) is 0 Å². The fourth-order valence-corrected chi connectivity index (χ4v) is 2.56. The van der Waals surface area contributed by atoms with Crippen LogP contribution in [0, 0.1) is 0 Å². The Labute approximate surface area is 82.9 Å². The highest BCUT2D eigenvalue weighted by atomic mass is 32.2. The molecule has 0 bridgehead atoms. The zero-order valence-corrected chi connectivity index (χ0v) is 9.11. The lowest BCUT2D eigenvalue weighted by atomic mass is 10.3. The first-order chi connectivity index (χ1) is 6.24. The van der Waals surface area contributed by atoms with E-state index in [2.05, 4.69) is 35.2 Å². The molecule has 13 heavy (non-hydrogen) atoms. The topological polar surface area (TPSA) is 29.9 Å². The number of thioether (sulfide) groups is 1. The van der Waals surface area contributed by atoms with Crippen molar-refractivity contribution < 1.29 is 0 Å². The van der Waals surface area contributed by atoms with Crippen molar-refractivity contribution in [2.45, 2.75) is 38.0 Å². The van der Waals surface area contributed by atoms with E-state index >= 15 is 0 Å². The molecule has 0 aliphatic carbocycles. The van der Waals surface area contributed by atoms with Crippen molar-refractivity contribution in [3.8, 4) is 0 Å². The molecule has 0 amide bonds. The average Bonchev–Trinajstić information content (AvgIpc) is 2.60. The maximum absolute atomic E-state index is 4.59. The van der Waals surface area contributed by atoms with Crippen LogP contribution < -0.4 is 5.32 Å². The number of hydrogen-bond donors (Lipinski definition) is 1. The van der Waals surface area contributed by atoms with Gasteiger partial charge in [-0.2, -0.15) is 5.10 Å². The molecule has 1 aliphatic rings. The second-order valence-corrected chi connectivity index (χ2v) is 4.37. The van der Waals surface area contributed by atoms with Crippen molar-refractivity contribution in [3.63, 3.8) is 0 Å². The van der Waals surface area contributed by atoms with E-state index in [0.29, 0.717) is 6.04 Å². The molecule has 0 radical (unpaired) electrons. The van der Waals surface area contributed by atoms with Gasteiger partial charge in [-0.05, 0) is 20.1 Å². The average molecular weight is 197 g/mol. The Morgan fingerprint density at radius 2 is 2.23 bits per heavy atom. The van der Waals surface area contributed by atoms with Gasteiger partial charge in [0.05, 0.1) is 10.7 Å². The molecule has 3 nitrogen and oxygen atoms in total. The molecule has 0 saturated carbocycles. The molecular weight excluding hydrogens is 182 g/mol. The van der Waals surface area contributed by atoms with Gasteiger partial charge < -0.3 is 5.32 Å². The van der Waals surface area contributed by atoms with Gasteiger partial charge in [0.25, 0.3) is 0 Å². The van der Waals surface area contributed by atoms with Crippen LogP contribution in [-0.4, -0.2) is 16.0 Å². The van der Waals surface area contributed by atoms with E-state index in [-0.39, 0.29) is 0 Å². The third-order valence-electron chi connectivity index (χ3n) is 2.32. The summed E-state index contributed by atoms with van der Waals surface area (Å²) in [7, 11) is 0. The minimum absolute atomic E-state index is 0.466. The van der Waals surface area contributed by atoms with Crippen molar-refractivity contribution in [2.75, 3.05) is 6.26 Å². The van der Waals surface area contributed by atoms with Gasteiger partial charge in [0.15, 0.2) is 0 Å². The van der Waals surface area contributed by atoms with Gasteiger partial charge in [-0.25, -0.2) is 0 Å². The third-order valence-corrected chi connectivity index (χ3v) is 3.14. The highest BCUT2D eigenvalue weighted by Crippen LogP contribution is 2.28. The number of rotatable bonds is 2. The normalized spacial score (nSPS) is 15.4. The molecule has 0 fully saturated rings. The van der Waals surface area contributed by atoms with Crippen molar-refractivity contribution in [3.05, 3.63) is 11.3 Å². The Morgan fingerprint density at radius 1 is 1.46 bits per heavy atom. The van der Waals surface area contributed by atoms with E-state index < -0.39 is 0 Å². The van der Waals surface area contributed by atoms with Crippen LogP contribution in [0.2, 0.25) is 0 Å². The zero-order valence-electron chi connectivity index (χ0n) is 8.29. The Morgan fingerprint density at radius 3 is 2.85 bits per heavy atom. The summed E-state index contributed by atoms with van der Waals surface area (Å²) in [6, 6.07) is 0.466. The minimum Gasteiger partial charge on any atom is -0.307 e. The molecule has 2 rings (SSSR count). The summed E-state index contributed by atoms with van der Waals surface area (Å²) in [5, 5.41) is 9.24. The monoisotopic (exact) mass is 197 g/mol. The molecule has 1 aromatic heterocycles. The Hall–Kier alpha value is -0.480. The molecule has 0 saturated heterocycles. The van der Waals surface area contributed by atoms with Gasteiger partial charge >= 0.3 is 0 Å². The molecular formula is C9H15N3S. The first-order valence-electron chi connectivity index (χ1n) is 4.59. The fraction of sp³-hybridized carbons (Fsp3) is 0.667. The Kier molecular flexibility index (Phi) is 2.34. The Balaban J connectivity index is 2.47. The van der Waals surface area contributed by atoms with Crippen LogP contribution >= 0.6 is 11.8 Å². The predicted molar refractivity (Wildman–Crippen MR) is 54.9 cm³/mol. The predicted octanol–water partition coefficient (Wildman–Crippen LogP) is 1.79. The molecule has 0 atom stereocenters. The van der Waals surface area contributed by atoms with Gasteiger partial charge in [-0.3, -0.25) is 4.68 Å². The van der Waals surface area contributed by atoms with Gasteiger partial charge in [0.2, 0.25) is 0 Å². The molecule has 0 aromatic carbocycles. The zero-order chi connectivity index (χ0) is 9.42. The van der Waals surface area contributed by atoms with Crippen molar-refractivity contribution in [2.24, 2.45) is 0 Å². The maximum Gasteiger partial charge on any atom is 0.0988 e. The first kappa shape index (κ1) is 9.09. The highest BCUT2D eigenvalue weighted by molar-refractivity contribution is 7.98. The van der Waals surface area contributed by atoms with Crippen LogP contribution in [0.3, 0.4) is 0 Å². The lowest BCUT2D eigenvalue weighted by Crippen LogP contribution is -2.09. The maximum atomic E-state index is 4.59. The molecule has 1 N–H and O–H groups in total. The number of nitrogens with one attached hydrogen (secondary N) is 1. The van der Waals surface area contributed by atoms with E-state index in [1.807, 2.05) is 0 Å². The Bertz CT molecular complexity index is 317. The fourth-order valence-electron chi connectivity index (χ4n) is 1.69. The van der Waals surface area contributed by atoms with Crippen LogP contribution in [0.5, 0.6) is 0 Å². The van der Waals surface area contributed by atoms with Gasteiger partial charge in [0.1, 0.15) is 0 Å². The van der Waals surface area contributed by atoms with Crippen LogP contribution in [0.4, 0.5) is 0 Å². The minimum atomic E-state index is 0.466. The summed E-state index contributed by atoms with van der Waals surface area (Å²) < 4.78 is 2.14. The smallest absolute Gasteiger partial charge is 0.0988 e. The first-order valence-corrected chi connectivity index (χ1v) is 5.81. The molecule has 2 heterocycles. The third kappa shape index (κ3) is 1.38. The van der Waals surface area contributed by atoms with Gasteiger partial charge in [-0.15, -0.1) is 11.8 Å². The summed E-state index contributed by atoms with van der Waals surface area (Å²) in [5.41, 5.74) is 2.64. The molecule has 1 aliphatic heterocycles. The summed E-state index contributed by atoms with van der Waals surface area (Å²) in [6.07, 6.45) is 2.12. The molecule has 0 spiro atoms. The largest absolute Gasteiger partial charge is 0.307 e. The summed E-state index contributed by atoms with van der Waals surface area (Å²) in [4.78, 5) is 0. The van der Waals surface area contributed by atoms with E-state index in [1.54, 1.807) is 11.8 Å². The number of hydrogen-bond acceptors (Lipinski definition) is 3. The van der Waals surface area contributed by atoms with Crippen molar-refractivity contribution >= 4 is 11.8 Å². The number of aromatic nitrogens is 2. The molecule has 72 valence electrons. The van der Waals surface area contributed by atoms with Gasteiger partial charge in [0, 0.05) is 24.7 Å². The number of nitrogens with zero attached hydrogens (tertiary/aromatic N) is 2. The molecule has 4 heteroatoms. The van der Waals surface area contributed by atoms with E-state index in [0.717, 1.165) is 13.1 Å². The standard InChI is InChI=1S/C9H15N3S/c1-6(2)12-9(13-3)7-4-10-5-8(7)11-12/h6,10H,4-5H2,1-3H3. The van der Waals surface area contributed by atoms with E-state index in [1.165, 1.54) is 16.3 Å². The summed E-state index contributed by atoms with van der Waals surface area (Å²) in [6.45, 7) is 6.27. The highest BCUT2D eigenvalue weighted by Gasteiger charge is 2.21. The van der Waals surface area contributed by atoms with Crippen LogP contribution in [0.15, 0.2) is 5.03 Å².